The van der Waals surface area contributed by atoms with Crippen LogP contribution in [0.25, 0.3) is 5.52 Å². The minimum absolute atomic E-state index is 0.140. The molecule has 3 aromatic rings. The van der Waals surface area contributed by atoms with Crippen LogP contribution in [0.4, 0.5) is 17.6 Å². The topological polar surface area (TPSA) is 37.2 Å². The highest BCUT2D eigenvalue weighted by Crippen LogP contribution is 2.29. The van der Waals surface area contributed by atoms with E-state index in [0.717, 1.165) is 22.3 Å². The van der Waals surface area contributed by atoms with Crippen LogP contribution in [-0.4, -0.2) is 65.2 Å². The molecule has 9 heteroatoms. The minimum atomic E-state index is -4.21. The van der Waals surface area contributed by atoms with E-state index < -0.39 is 18.7 Å². The number of fused-ring (bicyclic) bond motifs is 1. The van der Waals surface area contributed by atoms with Gasteiger partial charge < -0.3 is 9.14 Å². The smallest absolute Gasteiger partial charge is 0.401 e. The van der Waals surface area contributed by atoms with Crippen molar-refractivity contribution in [3.8, 4) is 0 Å². The van der Waals surface area contributed by atoms with Gasteiger partial charge in [0.2, 0.25) is 0 Å². The van der Waals surface area contributed by atoms with Gasteiger partial charge in [0.05, 0.1) is 18.2 Å². The molecule has 0 saturated carbocycles. The molecule has 0 aliphatic carbocycles. The fourth-order valence-corrected chi connectivity index (χ4v) is 4.73. The van der Waals surface area contributed by atoms with Gasteiger partial charge in [-0.1, -0.05) is 12.1 Å². The van der Waals surface area contributed by atoms with Gasteiger partial charge in [-0.3, -0.25) is 9.80 Å². The lowest BCUT2D eigenvalue weighted by Crippen LogP contribution is -2.49. The van der Waals surface area contributed by atoms with E-state index >= 15 is 0 Å². The number of halogens is 4. The van der Waals surface area contributed by atoms with E-state index in [9.17, 15) is 22.4 Å². The lowest BCUT2D eigenvalue weighted by Gasteiger charge is -2.38. The number of carbonyl (C=O) groups excluding carboxylic acids is 1. The van der Waals surface area contributed by atoms with Crippen LogP contribution in [0.5, 0.6) is 0 Å². The van der Waals surface area contributed by atoms with Gasteiger partial charge in [0.15, 0.2) is 0 Å². The Morgan fingerprint density at radius 3 is 2.28 bits per heavy atom. The van der Waals surface area contributed by atoms with E-state index in [4.69, 9.17) is 4.74 Å². The first-order valence-corrected chi connectivity index (χ1v) is 12.1. The number of alkyl halides is 3. The fourth-order valence-electron chi connectivity index (χ4n) is 4.73. The summed E-state index contributed by atoms with van der Waals surface area (Å²) in [4.78, 5) is 16.4. The van der Waals surface area contributed by atoms with Gasteiger partial charge in [-0.25, -0.2) is 9.18 Å². The molecule has 0 radical (unpaired) electrons. The van der Waals surface area contributed by atoms with Gasteiger partial charge in [-0.15, -0.1) is 0 Å². The lowest BCUT2D eigenvalue weighted by molar-refractivity contribution is -0.149. The lowest BCUT2D eigenvalue weighted by atomic mass is 10.0. The number of rotatable bonds is 7. The van der Waals surface area contributed by atoms with Crippen molar-refractivity contribution >= 4 is 11.5 Å². The fraction of sp³-hybridized carbons (Fsp3) is 0.444. The van der Waals surface area contributed by atoms with E-state index in [1.807, 2.05) is 29.7 Å². The van der Waals surface area contributed by atoms with Gasteiger partial charge >= 0.3 is 12.1 Å². The summed E-state index contributed by atoms with van der Waals surface area (Å²) >= 11 is 0. The summed E-state index contributed by atoms with van der Waals surface area (Å²) in [6, 6.07) is 11.8. The monoisotopic (exact) mass is 505 g/mol. The van der Waals surface area contributed by atoms with Gasteiger partial charge in [-0.05, 0) is 68.7 Å². The quantitative estimate of drug-likeness (QED) is 0.315. The number of hydrogen-bond donors (Lipinski definition) is 0. The van der Waals surface area contributed by atoms with Crippen molar-refractivity contribution in [3.63, 3.8) is 0 Å². The zero-order chi connectivity index (χ0) is 26.0. The summed E-state index contributed by atoms with van der Waals surface area (Å²) in [7, 11) is 0. The van der Waals surface area contributed by atoms with Crippen molar-refractivity contribution < 1.29 is 27.1 Å². The molecule has 0 amide bonds. The summed E-state index contributed by atoms with van der Waals surface area (Å²) in [6.45, 7) is 6.31. The first-order valence-electron chi connectivity index (χ1n) is 12.1. The second-order valence-electron chi connectivity index (χ2n) is 9.63. The maximum Gasteiger partial charge on any atom is 0.401 e. The highest BCUT2D eigenvalue weighted by molar-refractivity contribution is 5.91. The van der Waals surface area contributed by atoms with Gasteiger partial charge in [0, 0.05) is 49.6 Å². The van der Waals surface area contributed by atoms with Gasteiger partial charge in [0.1, 0.15) is 5.82 Å². The van der Waals surface area contributed by atoms with E-state index in [0.29, 0.717) is 38.2 Å². The molecule has 36 heavy (non-hydrogen) atoms. The maximum atomic E-state index is 13.4. The third-order valence-electron chi connectivity index (χ3n) is 6.56. The molecular weight excluding hydrogens is 474 g/mol. The number of aromatic nitrogens is 1. The molecule has 1 fully saturated rings. The van der Waals surface area contributed by atoms with Crippen molar-refractivity contribution in [1.82, 2.24) is 14.2 Å². The summed E-state index contributed by atoms with van der Waals surface area (Å²) in [6.07, 6.45) is -1.99. The molecule has 3 heterocycles. The van der Waals surface area contributed by atoms with Gasteiger partial charge in [0.25, 0.3) is 0 Å². The second kappa shape index (κ2) is 10.6. The van der Waals surface area contributed by atoms with Crippen molar-refractivity contribution in [1.29, 1.82) is 0 Å². The average molecular weight is 506 g/mol. The van der Waals surface area contributed by atoms with Crippen molar-refractivity contribution in [2.24, 2.45) is 0 Å². The zero-order valence-corrected chi connectivity index (χ0v) is 20.7. The average Bonchev–Trinajstić information content (AvgIpc) is 3.21. The molecule has 1 saturated heterocycles. The Balaban J connectivity index is 1.65. The molecule has 1 aliphatic heterocycles. The van der Waals surface area contributed by atoms with Crippen LogP contribution in [0.15, 0.2) is 48.7 Å². The first-order chi connectivity index (χ1) is 17.0. The van der Waals surface area contributed by atoms with E-state index in [2.05, 4.69) is 4.90 Å². The number of ether oxygens (including phenoxy) is 1. The molecule has 4 rings (SSSR count). The molecule has 194 valence electrons. The first kappa shape index (κ1) is 26.2. The van der Waals surface area contributed by atoms with Crippen LogP contribution >= 0.6 is 0 Å². The Labute approximate surface area is 208 Å². The molecule has 1 unspecified atom stereocenters. The molecule has 1 aliphatic rings. The van der Waals surface area contributed by atoms with E-state index in [1.54, 1.807) is 32.0 Å². The molecule has 0 bridgehead atoms. The molecule has 0 N–H and O–H groups in total. The Bertz CT molecular complexity index is 1200. The highest BCUT2D eigenvalue weighted by atomic mass is 19.4. The second-order valence-corrected chi connectivity index (χ2v) is 9.63. The van der Waals surface area contributed by atoms with E-state index in [1.165, 1.54) is 17.0 Å². The van der Waals surface area contributed by atoms with Crippen LogP contribution in [-0.2, 0) is 11.2 Å². The van der Waals surface area contributed by atoms with Crippen molar-refractivity contribution in [2.45, 2.75) is 45.5 Å². The molecule has 1 aromatic carbocycles. The highest BCUT2D eigenvalue weighted by Gasteiger charge is 2.33. The van der Waals surface area contributed by atoms with Crippen molar-refractivity contribution in [3.05, 3.63) is 76.9 Å². The Morgan fingerprint density at radius 1 is 1.00 bits per heavy atom. The summed E-state index contributed by atoms with van der Waals surface area (Å²) in [5.74, 6) is -0.726. The predicted molar refractivity (Wildman–Crippen MR) is 130 cm³/mol. The maximum absolute atomic E-state index is 13.4. The van der Waals surface area contributed by atoms with Crippen LogP contribution in [0, 0.1) is 5.82 Å². The molecule has 0 spiro atoms. The normalized spacial score (nSPS) is 16.6. The van der Waals surface area contributed by atoms with Gasteiger partial charge in [-0.2, -0.15) is 13.2 Å². The number of pyridine rings is 1. The number of carbonyl (C=O) groups is 1. The molecular formula is C27H31F4N3O2. The summed E-state index contributed by atoms with van der Waals surface area (Å²) < 4.78 is 59.3. The third-order valence-corrected chi connectivity index (χ3v) is 6.56. The Morgan fingerprint density at radius 2 is 1.67 bits per heavy atom. The third kappa shape index (κ3) is 6.25. The zero-order valence-electron chi connectivity index (χ0n) is 20.7. The van der Waals surface area contributed by atoms with Crippen molar-refractivity contribution in [2.75, 3.05) is 32.7 Å². The largest absolute Gasteiger partial charge is 0.459 e. The molecule has 5 nitrogen and oxygen atoms in total. The number of hydrogen-bond acceptors (Lipinski definition) is 4. The number of esters is 1. The number of benzene rings is 1. The molecule has 2 aromatic heterocycles. The Kier molecular flexibility index (Phi) is 7.70. The standard InChI is InChI=1S/C27H31F4N3O2/c1-18(2)36-26(35)22-15-24(19(3)33-12-10-32(11-13-33)17-27(29,30)31)34-9-8-21(25(34)16-22)14-20-4-6-23(28)7-5-20/h4-9,15-16,18-19H,10-14,17H2,1-3H3. The number of nitrogens with zero attached hydrogens (tertiary/aromatic N) is 3. The summed E-state index contributed by atoms with van der Waals surface area (Å²) in [5, 5.41) is 0. The van der Waals surface area contributed by atoms with E-state index in [-0.39, 0.29) is 18.0 Å². The minimum Gasteiger partial charge on any atom is -0.459 e. The summed E-state index contributed by atoms with van der Waals surface area (Å²) in [5.41, 5.74) is 4.04. The van der Waals surface area contributed by atoms with Crippen LogP contribution in [0.1, 0.15) is 54.0 Å². The number of piperazine rings is 1. The Hall–Kier alpha value is -2.91. The van der Waals surface area contributed by atoms with Crippen LogP contribution in [0.2, 0.25) is 0 Å². The predicted octanol–water partition coefficient (Wildman–Crippen LogP) is 5.48. The SMILES string of the molecule is CC(C)OC(=O)c1cc(C(C)N2CCN(CC(F)(F)F)CC2)n2ccc(Cc3ccc(F)cc3)c2c1. The van der Waals surface area contributed by atoms with Crippen LogP contribution in [0.3, 0.4) is 0 Å². The molecule has 1 atom stereocenters. The van der Waals surface area contributed by atoms with Crippen LogP contribution < -0.4 is 0 Å².